The van der Waals surface area contributed by atoms with Crippen LogP contribution >= 0.6 is 0 Å². The molecule has 3 nitrogen and oxygen atoms in total. The van der Waals surface area contributed by atoms with Crippen LogP contribution in [-0.4, -0.2) is 30.4 Å². The van der Waals surface area contributed by atoms with E-state index in [1.807, 2.05) is 13.0 Å². The van der Waals surface area contributed by atoms with E-state index in [2.05, 4.69) is 18.7 Å². The van der Waals surface area contributed by atoms with Crippen LogP contribution in [0.1, 0.15) is 111 Å². The minimum absolute atomic E-state index is 0.291. The van der Waals surface area contributed by atoms with E-state index < -0.39 is 0 Å². The van der Waals surface area contributed by atoms with Crippen molar-refractivity contribution in [2.75, 3.05) is 19.6 Å². The lowest BCUT2D eigenvalue weighted by Crippen LogP contribution is -2.27. The molecule has 0 atom stereocenters. The van der Waals surface area contributed by atoms with Gasteiger partial charge in [-0.2, -0.15) is 0 Å². The zero-order chi connectivity index (χ0) is 19.5. The molecule has 0 aromatic heterocycles. The number of allylic oxidation sites excluding steroid dienone is 1. The maximum Gasteiger partial charge on any atom is 0.244 e. The number of carbonyl (C=O) groups excluding carboxylic acids is 1. The second kappa shape index (κ2) is 18.9. The van der Waals surface area contributed by atoms with Crippen LogP contribution in [0.4, 0.5) is 0 Å². The van der Waals surface area contributed by atoms with E-state index in [0.717, 1.165) is 19.4 Å². The molecule has 0 saturated heterocycles. The second-order valence-corrected chi connectivity index (χ2v) is 7.77. The second-order valence-electron chi connectivity index (χ2n) is 7.77. The molecule has 0 fully saturated rings. The summed E-state index contributed by atoms with van der Waals surface area (Å²) in [6.45, 7) is 9.98. The Bertz CT molecular complexity index is 336. The van der Waals surface area contributed by atoms with Crippen LogP contribution in [0.2, 0.25) is 0 Å². The Labute approximate surface area is 163 Å². The molecule has 26 heavy (non-hydrogen) atoms. The monoisotopic (exact) mass is 366 g/mol. The van der Waals surface area contributed by atoms with Crippen molar-refractivity contribution in [2.24, 2.45) is 5.73 Å². The summed E-state index contributed by atoms with van der Waals surface area (Å²) in [6.07, 6.45) is 20.4. The zero-order valence-corrected chi connectivity index (χ0v) is 18.0. The van der Waals surface area contributed by atoms with Gasteiger partial charge in [-0.3, -0.25) is 4.79 Å². The third-order valence-corrected chi connectivity index (χ3v) is 5.17. The molecule has 0 aliphatic rings. The summed E-state index contributed by atoms with van der Waals surface area (Å²) in [5, 5.41) is 0. The lowest BCUT2D eigenvalue weighted by Gasteiger charge is -2.22. The molecular formula is C23H46N2O. The minimum Gasteiger partial charge on any atom is -0.366 e. The van der Waals surface area contributed by atoms with E-state index in [4.69, 9.17) is 5.73 Å². The average Bonchev–Trinajstić information content (AvgIpc) is 2.63. The molecule has 0 rings (SSSR count). The molecule has 0 aromatic carbocycles. The normalized spacial score (nSPS) is 12.1. The Morgan fingerprint density at radius 3 is 1.62 bits per heavy atom. The van der Waals surface area contributed by atoms with Gasteiger partial charge < -0.3 is 10.6 Å². The Balaban J connectivity index is 4.02. The number of rotatable bonds is 19. The van der Waals surface area contributed by atoms with Gasteiger partial charge in [0.25, 0.3) is 0 Å². The van der Waals surface area contributed by atoms with Crippen molar-refractivity contribution in [1.29, 1.82) is 0 Å². The summed E-state index contributed by atoms with van der Waals surface area (Å²) in [5.74, 6) is -0.291. The maximum absolute atomic E-state index is 11.1. The highest BCUT2D eigenvalue weighted by Crippen LogP contribution is 2.10. The van der Waals surface area contributed by atoms with Gasteiger partial charge in [0.15, 0.2) is 0 Å². The average molecular weight is 367 g/mol. The summed E-state index contributed by atoms with van der Waals surface area (Å²) in [4.78, 5) is 13.7. The molecule has 0 aliphatic carbocycles. The molecule has 1 amide bonds. The highest BCUT2D eigenvalue weighted by atomic mass is 16.1. The number of amides is 1. The Kier molecular flexibility index (Phi) is 18.3. The predicted octanol–water partition coefficient (Wildman–Crippen LogP) is 6.22. The first kappa shape index (κ1) is 25.2. The molecule has 0 aromatic rings. The van der Waals surface area contributed by atoms with Crippen molar-refractivity contribution in [3.8, 4) is 0 Å². The van der Waals surface area contributed by atoms with Crippen LogP contribution in [0, 0.1) is 0 Å². The van der Waals surface area contributed by atoms with Crippen molar-refractivity contribution >= 4 is 5.91 Å². The van der Waals surface area contributed by atoms with Gasteiger partial charge in [0.05, 0.1) is 0 Å². The molecule has 0 bridgehead atoms. The molecular weight excluding hydrogens is 320 g/mol. The summed E-state index contributed by atoms with van der Waals surface area (Å²) in [7, 11) is 0. The minimum atomic E-state index is -0.291. The molecule has 0 aliphatic heterocycles. The smallest absolute Gasteiger partial charge is 0.244 e. The number of hydrogen-bond donors (Lipinski definition) is 1. The first-order valence-electron chi connectivity index (χ1n) is 11.3. The standard InChI is InChI=1S/C23H46N2O/c1-4-6-8-10-12-15-19-25(20-16-13-11-9-7-5-2)21-17-14-18-22(3)23(24)26/h18H,4-17,19-21H2,1-3H3,(H2,24,26). The van der Waals surface area contributed by atoms with E-state index >= 15 is 0 Å². The Morgan fingerprint density at radius 1 is 0.731 bits per heavy atom. The summed E-state index contributed by atoms with van der Waals surface area (Å²) in [6, 6.07) is 0. The summed E-state index contributed by atoms with van der Waals surface area (Å²) >= 11 is 0. The number of nitrogens with two attached hydrogens (primary N) is 1. The zero-order valence-electron chi connectivity index (χ0n) is 18.0. The molecule has 2 N–H and O–H groups in total. The molecule has 3 heteroatoms. The van der Waals surface area contributed by atoms with Crippen molar-refractivity contribution in [3.63, 3.8) is 0 Å². The van der Waals surface area contributed by atoms with Crippen molar-refractivity contribution in [1.82, 2.24) is 4.90 Å². The van der Waals surface area contributed by atoms with Gasteiger partial charge in [-0.1, -0.05) is 84.1 Å². The van der Waals surface area contributed by atoms with Crippen LogP contribution in [0.25, 0.3) is 0 Å². The fraction of sp³-hybridized carbons (Fsp3) is 0.870. The number of nitrogens with zero attached hydrogens (tertiary/aromatic N) is 1. The number of hydrogen-bond acceptors (Lipinski definition) is 2. The fourth-order valence-electron chi connectivity index (χ4n) is 3.30. The van der Waals surface area contributed by atoms with E-state index in [1.54, 1.807) is 0 Å². The van der Waals surface area contributed by atoms with Gasteiger partial charge in [-0.15, -0.1) is 0 Å². The predicted molar refractivity (Wildman–Crippen MR) is 115 cm³/mol. The van der Waals surface area contributed by atoms with Gasteiger partial charge in [-0.05, 0) is 52.2 Å². The highest BCUT2D eigenvalue weighted by Gasteiger charge is 2.05. The van der Waals surface area contributed by atoms with Gasteiger partial charge in [-0.25, -0.2) is 0 Å². The molecule has 0 heterocycles. The molecule has 154 valence electrons. The number of primary amides is 1. The van der Waals surface area contributed by atoms with Crippen LogP contribution < -0.4 is 5.73 Å². The lowest BCUT2D eigenvalue weighted by molar-refractivity contribution is -0.114. The highest BCUT2D eigenvalue weighted by molar-refractivity contribution is 5.91. The third-order valence-electron chi connectivity index (χ3n) is 5.17. The van der Waals surface area contributed by atoms with Crippen LogP contribution in [0.3, 0.4) is 0 Å². The molecule has 0 saturated carbocycles. The van der Waals surface area contributed by atoms with Gasteiger partial charge in [0.1, 0.15) is 0 Å². The molecule has 0 unspecified atom stereocenters. The van der Waals surface area contributed by atoms with Gasteiger partial charge in [0, 0.05) is 5.57 Å². The van der Waals surface area contributed by atoms with E-state index in [1.165, 1.54) is 90.1 Å². The quantitative estimate of drug-likeness (QED) is 0.218. The first-order chi connectivity index (χ1) is 12.6. The van der Waals surface area contributed by atoms with Crippen molar-refractivity contribution in [3.05, 3.63) is 11.6 Å². The van der Waals surface area contributed by atoms with E-state index in [-0.39, 0.29) is 5.91 Å². The van der Waals surface area contributed by atoms with Crippen LogP contribution in [0.15, 0.2) is 11.6 Å². The lowest BCUT2D eigenvalue weighted by atomic mass is 10.1. The third kappa shape index (κ3) is 16.6. The van der Waals surface area contributed by atoms with Crippen molar-refractivity contribution in [2.45, 2.75) is 111 Å². The summed E-state index contributed by atoms with van der Waals surface area (Å²) in [5.41, 5.74) is 5.99. The van der Waals surface area contributed by atoms with Crippen LogP contribution in [-0.2, 0) is 4.79 Å². The van der Waals surface area contributed by atoms with Gasteiger partial charge in [0.2, 0.25) is 5.91 Å². The topological polar surface area (TPSA) is 46.3 Å². The molecule has 0 spiro atoms. The number of unbranched alkanes of at least 4 members (excludes halogenated alkanes) is 11. The van der Waals surface area contributed by atoms with Crippen LogP contribution in [0.5, 0.6) is 0 Å². The molecule has 0 radical (unpaired) electrons. The Morgan fingerprint density at radius 2 is 1.15 bits per heavy atom. The van der Waals surface area contributed by atoms with Crippen molar-refractivity contribution < 1.29 is 4.79 Å². The van der Waals surface area contributed by atoms with Gasteiger partial charge >= 0.3 is 0 Å². The first-order valence-corrected chi connectivity index (χ1v) is 11.3. The SMILES string of the molecule is CCCCCCCCN(CCCC=C(C)C(N)=O)CCCCCCCC. The number of carbonyl (C=O) groups is 1. The Hall–Kier alpha value is -0.830. The van der Waals surface area contributed by atoms with E-state index in [9.17, 15) is 4.79 Å². The largest absolute Gasteiger partial charge is 0.366 e. The fourth-order valence-corrected chi connectivity index (χ4v) is 3.30. The maximum atomic E-state index is 11.1. The van der Waals surface area contributed by atoms with E-state index in [0.29, 0.717) is 5.57 Å². The summed E-state index contributed by atoms with van der Waals surface area (Å²) < 4.78 is 0.